The second-order valence-electron chi connectivity index (χ2n) is 3.55. The van der Waals surface area contributed by atoms with Crippen LogP contribution in [0.4, 0.5) is 14.5 Å². The highest BCUT2D eigenvalue weighted by Gasteiger charge is 2.18. The van der Waals surface area contributed by atoms with Crippen molar-refractivity contribution in [3.63, 3.8) is 0 Å². The maximum Gasteiger partial charge on any atom is 0.312 e. The van der Waals surface area contributed by atoms with E-state index >= 15 is 0 Å². The fourth-order valence-electron chi connectivity index (χ4n) is 1.39. The van der Waals surface area contributed by atoms with Crippen molar-refractivity contribution >= 4 is 21.6 Å². The molecule has 0 spiro atoms. The summed E-state index contributed by atoms with van der Waals surface area (Å²) in [6, 6.07) is 6.65. The molecule has 0 fully saturated rings. The molecule has 0 radical (unpaired) electrons. The monoisotopic (exact) mass is 329 g/mol. The van der Waals surface area contributed by atoms with Crippen molar-refractivity contribution < 1.29 is 18.4 Å². The van der Waals surface area contributed by atoms with E-state index in [2.05, 4.69) is 15.9 Å². The molecule has 0 unspecified atom stereocenters. The molecule has 0 aliphatic carbocycles. The Labute approximate surface area is 114 Å². The van der Waals surface area contributed by atoms with E-state index in [9.17, 15) is 18.9 Å². The van der Waals surface area contributed by atoms with Gasteiger partial charge in [-0.25, -0.2) is 8.78 Å². The molecule has 4 nitrogen and oxygen atoms in total. The summed E-state index contributed by atoms with van der Waals surface area (Å²) in [5, 5.41) is 10.9. The van der Waals surface area contributed by atoms with E-state index in [1.165, 1.54) is 18.2 Å². The molecule has 2 aromatic carbocycles. The van der Waals surface area contributed by atoms with E-state index in [0.29, 0.717) is 4.47 Å². The summed E-state index contributed by atoms with van der Waals surface area (Å²) in [5.41, 5.74) is -0.349. The van der Waals surface area contributed by atoms with Gasteiger partial charge in [0, 0.05) is 16.6 Å². The molecule has 0 heterocycles. The number of benzene rings is 2. The Kier molecular flexibility index (Phi) is 3.75. The van der Waals surface area contributed by atoms with Crippen molar-refractivity contribution in [2.75, 3.05) is 0 Å². The topological polar surface area (TPSA) is 52.4 Å². The molecule has 7 heteroatoms. The van der Waals surface area contributed by atoms with Crippen LogP contribution in [0.15, 0.2) is 40.9 Å². The molecule has 0 saturated carbocycles. The van der Waals surface area contributed by atoms with E-state index < -0.39 is 22.3 Å². The first-order valence-corrected chi connectivity index (χ1v) is 5.83. The van der Waals surface area contributed by atoms with Crippen LogP contribution < -0.4 is 4.74 Å². The minimum atomic E-state index is -0.807. The second kappa shape index (κ2) is 5.31. The second-order valence-corrected chi connectivity index (χ2v) is 4.46. The molecule has 0 amide bonds. The molecule has 2 rings (SSSR count). The Balaban J connectivity index is 2.43. The average molecular weight is 330 g/mol. The molecule has 0 aromatic heterocycles. The maximum atomic E-state index is 13.4. The molecule has 0 bridgehead atoms. The first-order valence-electron chi connectivity index (χ1n) is 5.04. The molecule has 0 aliphatic heterocycles. The predicted molar refractivity (Wildman–Crippen MR) is 67.2 cm³/mol. The van der Waals surface area contributed by atoms with Crippen molar-refractivity contribution in [2.45, 2.75) is 0 Å². The Hall–Kier alpha value is -2.02. The van der Waals surface area contributed by atoms with Gasteiger partial charge >= 0.3 is 5.69 Å². The smallest absolute Gasteiger partial charge is 0.312 e. The Morgan fingerprint density at radius 2 is 1.84 bits per heavy atom. The summed E-state index contributed by atoms with van der Waals surface area (Å²) in [6.45, 7) is 0. The molecule has 0 saturated heterocycles. The van der Waals surface area contributed by atoms with Gasteiger partial charge in [-0.2, -0.15) is 0 Å². The normalized spacial score (nSPS) is 10.3. The van der Waals surface area contributed by atoms with Gasteiger partial charge in [-0.1, -0.05) is 15.9 Å². The van der Waals surface area contributed by atoms with Gasteiger partial charge in [0.1, 0.15) is 5.82 Å². The first-order chi connectivity index (χ1) is 8.97. The summed E-state index contributed by atoms with van der Waals surface area (Å²) in [7, 11) is 0. The predicted octanol–water partition coefficient (Wildman–Crippen LogP) is 4.43. The third kappa shape index (κ3) is 3.05. The Morgan fingerprint density at radius 1 is 1.11 bits per heavy atom. The van der Waals surface area contributed by atoms with Crippen LogP contribution in [0.25, 0.3) is 0 Å². The van der Waals surface area contributed by atoms with E-state index in [1.807, 2.05) is 0 Å². The van der Waals surface area contributed by atoms with Gasteiger partial charge in [-0.05, 0) is 24.3 Å². The van der Waals surface area contributed by atoms with Gasteiger partial charge in [0.15, 0.2) is 11.6 Å². The van der Waals surface area contributed by atoms with Crippen LogP contribution >= 0.6 is 15.9 Å². The van der Waals surface area contributed by atoms with Crippen molar-refractivity contribution in [1.82, 2.24) is 0 Å². The zero-order valence-corrected chi connectivity index (χ0v) is 10.9. The summed E-state index contributed by atoms with van der Waals surface area (Å²) < 4.78 is 31.9. The van der Waals surface area contributed by atoms with Crippen LogP contribution in [0.2, 0.25) is 0 Å². The number of ether oxygens (including phenoxy) is 1. The minimum absolute atomic E-state index is 0.169. The molecule has 98 valence electrons. The van der Waals surface area contributed by atoms with Crippen LogP contribution in [0.1, 0.15) is 0 Å². The standard InChI is InChI=1S/C12H6BrF2NO3/c13-7-1-4-11(10(5-7)16(17)18)19-12-6-8(14)2-3-9(12)15/h1-6H. The fraction of sp³-hybridized carbons (Fsp3) is 0. The third-order valence-electron chi connectivity index (χ3n) is 2.23. The summed E-state index contributed by atoms with van der Waals surface area (Å²) in [6.07, 6.45) is 0. The van der Waals surface area contributed by atoms with Crippen LogP contribution in [-0.2, 0) is 0 Å². The quantitative estimate of drug-likeness (QED) is 0.618. The lowest BCUT2D eigenvalue weighted by Gasteiger charge is -2.07. The summed E-state index contributed by atoms with van der Waals surface area (Å²) in [4.78, 5) is 10.2. The van der Waals surface area contributed by atoms with Crippen molar-refractivity contribution in [2.24, 2.45) is 0 Å². The SMILES string of the molecule is O=[N+]([O-])c1cc(Br)ccc1Oc1cc(F)ccc1F. The van der Waals surface area contributed by atoms with E-state index in [0.717, 1.165) is 18.2 Å². The number of hydrogen-bond donors (Lipinski definition) is 0. The lowest BCUT2D eigenvalue weighted by Crippen LogP contribution is -1.95. The van der Waals surface area contributed by atoms with E-state index in [1.54, 1.807) is 0 Å². The van der Waals surface area contributed by atoms with Gasteiger partial charge in [-0.15, -0.1) is 0 Å². The highest BCUT2D eigenvalue weighted by molar-refractivity contribution is 9.10. The Morgan fingerprint density at radius 3 is 2.53 bits per heavy atom. The summed E-state index contributed by atoms with van der Waals surface area (Å²) >= 11 is 3.08. The molecule has 2 aromatic rings. The highest BCUT2D eigenvalue weighted by Crippen LogP contribution is 2.34. The number of hydrogen-bond acceptors (Lipinski definition) is 3. The summed E-state index contributed by atoms with van der Waals surface area (Å²) in [5.74, 6) is -2.09. The van der Waals surface area contributed by atoms with E-state index in [4.69, 9.17) is 4.74 Å². The van der Waals surface area contributed by atoms with Gasteiger partial charge in [0.2, 0.25) is 5.75 Å². The first kappa shape index (κ1) is 13.4. The number of nitrogens with zero attached hydrogens (tertiary/aromatic N) is 1. The van der Waals surface area contributed by atoms with Gasteiger partial charge in [0.05, 0.1) is 4.92 Å². The molecule has 0 N–H and O–H groups in total. The molecule has 0 aliphatic rings. The van der Waals surface area contributed by atoms with Gasteiger partial charge in [-0.3, -0.25) is 10.1 Å². The number of rotatable bonds is 3. The van der Waals surface area contributed by atoms with Crippen molar-refractivity contribution in [3.8, 4) is 11.5 Å². The minimum Gasteiger partial charge on any atom is -0.447 e. The van der Waals surface area contributed by atoms with Crippen LogP contribution in [0.3, 0.4) is 0 Å². The van der Waals surface area contributed by atoms with Gasteiger partial charge in [0.25, 0.3) is 0 Å². The van der Waals surface area contributed by atoms with Gasteiger partial charge < -0.3 is 4.74 Å². The Bertz CT molecular complexity index is 649. The zero-order valence-electron chi connectivity index (χ0n) is 9.27. The number of nitro groups is 1. The van der Waals surface area contributed by atoms with E-state index in [-0.39, 0.29) is 11.4 Å². The van der Waals surface area contributed by atoms with Crippen LogP contribution in [0.5, 0.6) is 11.5 Å². The lowest BCUT2D eigenvalue weighted by atomic mass is 10.3. The molecule has 19 heavy (non-hydrogen) atoms. The number of halogens is 3. The van der Waals surface area contributed by atoms with Crippen LogP contribution in [-0.4, -0.2) is 4.92 Å². The van der Waals surface area contributed by atoms with Crippen molar-refractivity contribution in [3.05, 3.63) is 62.6 Å². The largest absolute Gasteiger partial charge is 0.447 e. The highest BCUT2D eigenvalue weighted by atomic mass is 79.9. The zero-order chi connectivity index (χ0) is 14.0. The molecular formula is C12H6BrF2NO3. The molecule has 0 atom stereocenters. The molecular weight excluding hydrogens is 324 g/mol. The lowest BCUT2D eigenvalue weighted by molar-refractivity contribution is -0.385. The third-order valence-corrected chi connectivity index (χ3v) is 2.72. The maximum absolute atomic E-state index is 13.4. The van der Waals surface area contributed by atoms with Crippen molar-refractivity contribution in [1.29, 1.82) is 0 Å². The fourth-order valence-corrected chi connectivity index (χ4v) is 1.74. The average Bonchev–Trinajstić information content (AvgIpc) is 2.35. The van der Waals surface area contributed by atoms with Crippen LogP contribution in [0, 0.1) is 21.7 Å². The number of nitro benzene ring substituents is 1.